The van der Waals surface area contributed by atoms with Crippen LogP contribution in [0.5, 0.6) is 0 Å². The van der Waals surface area contributed by atoms with E-state index in [0.29, 0.717) is 61.5 Å². The number of aromatic nitrogens is 4. The van der Waals surface area contributed by atoms with Gasteiger partial charge >= 0.3 is 6.09 Å². The Morgan fingerprint density at radius 1 is 1.11 bits per heavy atom. The number of anilines is 2. The molecular formula is C36H42F2N10O7. The van der Waals surface area contributed by atoms with Crippen LogP contribution in [-0.4, -0.2) is 101 Å². The molecule has 0 bridgehead atoms. The van der Waals surface area contributed by atoms with E-state index in [0.717, 1.165) is 19.1 Å². The first-order chi connectivity index (χ1) is 26.3. The van der Waals surface area contributed by atoms with Crippen LogP contribution in [-0.2, 0) is 14.2 Å². The zero-order chi connectivity index (χ0) is 39.5. The molecule has 3 amide bonds. The summed E-state index contributed by atoms with van der Waals surface area (Å²) in [6.45, 7) is 7.50. The number of hydrogen-bond acceptors (Lipinski definition) is 11. The molecule has 4 aromatic rings. The predicted molar refractivity (Wildman–Crippen MR) is 195 cm³/mol. The third kappa shape index (κ3) is 11.5. The van der Waals surface area contributed by atoms with Gasteiger partial charge < -0.3 is 28.8 Å². The van der Waals surface area contributed by atoms with Gasteiger partial charge in [-0.3, -0.25) is 14.5 Å². The smallest absolute Gasteiger partial charge is 0.416 e. The lowest BCUT2D eigenvalue weighted by atomic mass is 10.2. The largest absolute Gasteiger partial charge is 0.444 e. The van der Waals surface area contributed by atoms with E-state index in [1.807, 2.05) is 0 Å². The predicted octanol–water partition coefficient (Wildman–Crippen LogP) is 6.68. The molecule has 3 aromatic heterocycles. The summed E-state index contributed by atoms with van der Waals surface area (Å²) >= 11 is 0. The topological polar surface area (TPSA) is 203 Å². The van der Waals surface area contributed by atoms with Gasteiger partial charge in [0.2, 0.25) is 5.89 Å². The van der Waals surface area contributed by atoms with Gasteiger partial charge in [0.25, 0.3) is 18.2 Å². The van der Waals surface area contributed by atoms with E-state index in [1.54, 1.807) is 52.1 Å². The molecule has 1 N–H and O–H groups in total. The fraction of sp³-hybridized carbons (Fsp3) is 0.444. The van der Waals surface area contributed by atoms with Crippen LogP contribution in [0.1, 0.15) is 66.6 Å². The van der Waals surface area contributed by atoms with Gasteiger partial charge in [-0.15, -0.1) is 0 Å². The molecule has 0 atom stereocenters. The summed E-state index contributed by atoms with van der Waals surface area (Å²) in [7, 11) is 1.62. The van der Waals surface area contributed by atoms with E-state index in [9.17, 15) is 23.2 Å². The van der Waals surface area contributed by atoms with Crippen molar-refractivity contribution >= 4 is 29.4 Å². The van der Waals surface area contributed by atoms with Gasteiger partial charge in [0.1, 0.15) is 17.7 Å². The van der Waals surface area contributed by atoms with Crippen molar-refractivity contribution in [2.24, 2.45) is 11.0 Å². The van der Waals surface area contributed by atoms with Gasteiger partial charge in [-0.05, 0) is 81.5 Å². The Balaban J connectivity index is 1.20. The van der Waals surface area contributed by atoms with Crippen molar-refractivity contribution in [3.63, 3.8) is 0 Å². The average molecular weight is 765 g/mol. The van der Waals surface area contributed by atoms with Crippen LogP contribution in [0.15, 0.2) is 64.6 Å². The molecule has 1 saturated carbocycles. The van der Waals surface area contributed by atoms with Crippen LogP contribution in [0, 0.1) is 5.92 Å². The number of halogens is 2. The first kappa shape index (κ1) is 40.3. The highest BCUT2D eigenvalue weighted by atomic mass is 19.3. The summed E-state index contributed by atoms with van der Waals surface area (Å²) in [5, 5.41) is 9.79. The Morgan fingerprint density at radius 2 is 1.84 bits per heavy atom. The highest BCUT2D eigenvalue weighted by Gasteiger charge is 2.32. The van der Waals surface area contributed by atoms with Crippen molar-refractivity contribution in [2.45, 2.75) is 45.6 Å². The van der Waals surface area contributed by atoms with Crippen LogP contribution >= 0.6 is 0 Å². The van der Waals surface area contributed by atoms with Crippen molar-refractivity contribution in [3.05, 3.63) is 82.4 Å². The van der Waals surface area contributed by atoms with Gasteiger partial charge in [0.05, 0.1) is 44.0 Å². The second-order valence-corrected chi connectivity index (χ2v) is 13.6. The van der Waals surface area contributed by atoms with Crippen LogP contribution < -0.4 is 10.2 Å². The summed E-state index contributed by atoms with van der Waals surface area (Å²) in [4.78, 5) is 53.3. The van der Waals surface area contributed by atoms with Crippen molar-refractivity contribution < 1.29 is 41.8 Å². The summed E-state index contributed by atoms with van der Waals surface area (Å²) in [5.74, 6) is -0.388. The molecule has 1 fully saturated rings. The number of benzene rings is 1. The van der Waals surface area contributed by atoms with Crippen LogP contribution in [0.4, 0.5) is 25.1 Å². The first-order valence-corrected chi connectivity index (χ1v) is 17.5. The number of likely N-dealkylation sites (N-methyl/N-ethyl adjacent to an activating group) is 1. The number of carbonyl (C=O) groups is 3. The molecule has 1 aliphatic carbocycles. The number of alkyl halides is 2. The van der Waals surface area contributed by atoms with Crippen LogP contribution in [0.2, 0.25) is 0 Å². The van der Waals surface area contributed by atoms with Gasteiger partial charge in [0, 0.05) is 48.9 Å². The molecule has 17 nitrogen and oxygen atoms in total. The van der Waals surface area contributed by atoms with E-state index in [4.69, 9.17) is 24.2 Å². The number of hydrogen-bond donors (Lipinski definition) is 1. The molecule has 0 saturated heterocycles. The maximum Gasteiger partial charge on any atom is 0.416 e. The Labute approximate surface area is 315 Å². The van der Waals surface area contributed by atoms with Crippen molar-refractivity contribution in [3.8, 4) is 17.1 Å². The molecule has 3 heterocycles. The number of rotatable bonds is 18. The van der Waals surface area contributed by atoms with Crippen LogP contribution in [0.3, 0.4) is 0 Å². The molecule has 0 spiro atoms. The Kier molecular flexibility index (Phi) is 13.5. The van der Waals surface area contributed by atoms with Crippen molar-refractivity contribution in [1.82, 2.24) is 24.6 Å². The van der Waals surface area contributed by atoms with Gasteiger partial charge in [-0.1, -0.05) is 5.11 Å². The van der Waals surface area contributed by atoms with Crippen molar-refractivity contribution in [1.29, 1.82) is 0 Å². The van der Waals surface area contributed by atoms with E-state index in [-0.39, 0.29) is 36.3 Å². The molecule has 5 rings (SSSR count). The van der Waals surface area contributed by atoms with Gasteiger partial charge in [-0.25, -0.2) is 28.2 Å². The SMILES string of the molecule is CN(CCOCCOCCN=[N+]=[N-])C(=O)c1ccc(-n2cc(NC(=O)c3coc(-c4ccnc(N(CC5CC5)C(=O)OC(C)(C)C)c4)n3)c(C(F)F)n2)cc1. The summed E-state index contributed by atoms with van der Waals surface area (Å²) in [6.07, 6.45) is 2.24. The first-order valence-electron chi connectivity index (χ1n) is 17.5. The molecule has 55 heavy (non-hydrogen) atoms. The van der Waals surface area contributed by atoms with E-state index < -0.39 is 29.7 Å². The molecule has 19 heteroatoms. The quantitative estimate of drug-likeness (QED) is 0.0493. The molecule has 0 aliphatic heterocycles. The second-order valence-electron chi connectivity index (χ2n) is 13.6. The Bertz CT molecular complexity index is 1990. The highest BCUT2D eigenvalue weighted by Crippen LogP contribution is 2.33. The number of amides is 3. The minimum atomic E-state index is -3.02. The monoisotopic (exact) mass is 764 g/mol. The minimum absolute atomic E-state index is 0.0481. The lowest BCUT2D eigenvalue weighted by molar-refractivity contribution is 0.0409. The lowest BCUT2D eigenvalue weighted by Gasteiger charge is -2.27. The molecule has 292 valence electrons. The van der Waals surface area contributed by atoms with Gasteiger partial charge in [0.15, 0.2) is 11.4 Å². The molecule has 1 aliphatic rings. The Hall–Kier alpha value is -5.91. The standard InChI is InChI=1S/C36H42F2N10O7/c1-36(2,3)55-35(51)47(20-23-5-6-23)29-19-25(11-12-40-29)33-43-28(22-54-33)32(49)42-27-21-48(44-30(27)31(37)38)26-9-7-24(8-10-26)34(50)46(4)14-16-53-18-17-52-15-13-41-45-39/h7-12,19,21-23,31H,5-6,13-18,20H2,1-4H3,(H,42,49). The van der Waals surface area contributed by atoms with Gasteiger partial charge in [-0.2, -0.15) is 5.10 Å². The summed E-state index contributed by atoms with van der Waals surface area (Å²) in [6, 6.07) is 9.36. The maximum absolute atomic E-state index is 14.1. The average Bonchev–Trinajstić information content (AvgIpc) is 3.65. The maximum atomic E-state index is 14.1. The number of pyridine rings is 1. The second kappa shape index (κ2) is 18.4. The molecule has 0 unspecified atom stereocenters. The highest BCUT2D eigenvalue weighted by molar-refractivity contribution is 6.03. The summed E-state index contributed by atoms with van der Waals surface area (Å²) < 4.78 is 51.2. The lowest BCUT2D eigenvalue weighted by Crippen LogP contribution is -2.38. The number of ether oxygens (including phenoxy) is 3. The minimum Gasteiger partial charge on any atom is -0.444 e. The number of carbonyl (C=O) groups excluding carboxylic acids is 3. The summed E-state index contributed by atoms with van der Waals surface area (Å²) in [5.41, 5.74) is 7.58. The Morgan fingerprint density at radius 3 is 2.51 bits per heavy atom. The molecular weight excluding hydrogens is 722 g/mol. The van der Waals surface area contributed by atoms with E-state index in [2.05, 4.69) is 30.4 Å². The van der Waals surface area contributed by atoms with Crippen LogP contribution in [0.25, 0.3) is 27.6 Å². The fourth-order valence-electron chi connectivity index (χ4n) is 5.06. The number of oxazole rings is 1. The third-order valence-corrected chi connectivity index (χ3v) is 8.02. The zero-order valence-corrected chi connectivity index (χ0v) is 30.9. The van der Waals surface area contributed by atoms with Crippen molar-refractivity contribution in [2.75, 3.05) is 63.3 Å². The zero-order valence-electron chi connectivity index (χ0n) is 30.9. The number of nitrogens with one attached hydrogen (secondary N) is 1. The molecule has 1 aromatic carbocycles. The normalized spacial score (nSPS) is 12.6. The fourth-order valence-corrected chi connectivity index (χ4v) is 5.06. The van der Waals surface area contributed by atoms with E-state index >= 15 is 0 Å². The number of azide groups is 1. The number of nitrogens with zero attached hydrogens (tertiary/aromatic N) is 9. The molecule has 0 radical (unpaired) electrons. The van der Waals surface area contributed by atoms with E-state index in [1.165, 1.54) is 39.0 Å². The third-order valence-electron chi connectivity index (χ3n) is 8.02.